The van der Waals surface area contributed by atoms with Gasteiger partial charge in [-0.1, -0.05) is 88.2 Å². The van der Waals surface area contributed by atoms with Gasteiger partial charge >= 0.3 is 0 Å². The standard InChI is InChI=1S/C32H41NO2/c1-31(2,3)26-19-17-24(18-20-26)23-32(34)21-10-9-16-29(32)30(33(4)5)25-12-11-15-28(22-25)35-27-13-7-6-8-14-27/h6-8,11-15,17-20,22,29-30,34H,9-10,16,21,23H2,1-5H3. The summed E-state index contributed by atoms with van der Waals surface area (Å²) in [7, 11) is 4.26. The van der Waals surface area contributed by atoms with Crippen molar-refractivity contribution in [2.75, 3.05) is 14.1 Å². The number of benzene rings is 3. The van der Waals surface area contributed by atoms with E-state index < -0.39 is 5.60 Å². The first kappa shape index (κ1) is 25.5. The van der Waals surface area contributed by atoms with E-state index in [9.17, 15) is 5.11 Å². The Morgan fingerprint density at radius 1 is 0.914 bits per heavy atom. The first-order chi connectivity index (χ1) is 16.7. The molecule has 3 atom stereocenters. The summed E-state index contributed by atoms with van der Waals surface area (Å²) >= 11 is 0. The second-order valence-electron chi connectivity index (χ2n) is 11.5. The van der Waals surface area contributed by atoms with Crippen molar-refractivity contribution in [3.63, 3.8) is 0 Å². The Morgan fingerprint density at radius 2 is 1.60 bits per heavy atom. The fourth-order valence-corrected chi connectivity index (χ4v) is 5.67. The molecule has 3 nitrogen and oxygen atoms in total. The minimum absolute atomic E-state index is 0.105. The maximum Gasteiger partial charge on any atom is 0.127 e. The molecule has 1 N–H and O–H groups in total. The van der Waals surface area contributed by atoms with Crippen LogP contribution in [0, 0.1) is 5.92 Å². The molecule has 0 heterocycles. The Labute approximate surface area is 211 Å². The van der Waals surface area contributed by atoms with E-state index in [0.717, 1.165) is 37.2 Å². The predicted octanol–water partition coefficient (Wildman–Crippen LogP) is 7.54. The first-order valence-electron chi connectivity index (χ1n) is 13.0. The van der Waals surface area contributed by atoms with Crippen molar-refractivity contribution in [3.8, 4) is 11.5 Å². The Balaban J connectivity index is 1.61. The van der Waals surface area contributed by atoms with Gasteiger partial charge < -0.3 is 14.7 Å². The molecule has 0 aliphatic heterocycles. The van der Waals surface area contributed by atoms with Crippen LogP contribution in [-0.4, -0.2) is 29.7 Å². The van der Waals surface area contributed by atoms with Crippen molar-refractivity contribution in [1.82, 2.24) is 4.90 Å². The number of hydrogen-bond donors (Lipinski definition) is 1. The molecule has 1 fully saturated rings. The number of nitrogens with zero attached hydrogens (tertiary/aromatic N) is 1. The molecule has 3 aromatic carbocycles. The quantitative estimate of drug-likeness (QED) is 0.386. The molecule has 186 valence electrons. The van der Waals surface area contributed by atoms with E-state index in [2.05, 4.69) is 82.2 Å². The molecule has 0 bridgehead atoms. The molecule has 0 amide bonds. The lowest BCUT2D eigenvalue weighted by atomic mass is 9.67. The molecule has 0 radical (unpaired) electrons. The zero-order chi connectivity index (χ0) is 25.1. The third-order valence-corrected chi connectivity index (χ3v) is 7.51. The molecule has 3 aromatic rings. The van der Waals surface area contributed by atoms with Gasteiger partial charge in [0, 0.05) is 18.4 Å². The van der Waals surface area contributed by atoms with Crippen molar-refractivity contribution < 1.29 is 9.84 Å². The normalized spacial score (nSPS) is 21.6. The van der Waals surface area contributed by atoms with E-state index in [1.807, 2.05) is 36.4 Å². The molecule has 3 heteroatoms. The Hall–Kier alpha value is -2.62. The zero-order valence-corrected chi connectivity index (χ0v) is 22.0. The first-order valence-corrected chi connectivity index (χ1v) is 13.0. The summed E-state index contributed by atoms with van der Waals surface area (Å²) in [5, 5.41) is 12.1. The zero-order valence-electron chi connectivity index (χ0n) is 22.0. The summed E-state index contributed by atoms with van der Waals surface area (Å²) in [6, 6.07) is 27.3. The third-order valence-electron chi connectivity index (χ3n) is 7.51. The summed E-state index contributed by atoms with van der Waals surface area (Å²) in [5.74, 6) is 1.80. The monoisotopic (exact) mass is 471 g/mol. The molecule has 0 spiro atoms. The highest BCUT2D eigenvalue weighted by Gasteiger charge is 2.44. The minimum atomic E-state index is -0.743. The fraction of sp³-hybridized carbons (Fsp3) is 0.438. The number of aliphatic hydroxyl groups is 1. The van der Waals surface area contributed by atoms with Crippen LogP contribution in [0.2, 0.25) is 0 Å². The largest absolute Gasteiger partial charge is 0.457 e. The van der Waals surface area contributed by atoms with Crippen LogP contribution in [0.15, 0.2) is 78.9 Å². The van der Waals surface area contributed by atoms with Crippen LogP contribution in [0.25, 0.3) is 0 Å². The topological polar surface area (TPSA) is 32.7 Å². The lowest BCUT2D eigenvalue weighted by molar-refractivity contribution is -0.0771. The minimum Gasteiger partial charge on any atom is -0.457 e. The maximum atomic E-state index is 12.1. The van der Waals surface area contributed by atoms with Crippen LogP contribution in [0.5, 0.6) is 11.5 Å². The molecule has 3 unspecified atom stereocenters. The van der Waals surface area contributed by atoms with Gasteiger partial charge in [0.1, 0.15) is 11.5 Å². The molecule has 1 aliphatic rings. The van der Waals surface area contributed by atoms with Gasteiger partial charge in [0.25, 0.3) is 0 Å². The fourth-order valence-electron chi connectivity index (χ4n) is 5.67. The number of para-hydroxylation sites is 1. The van der Waals surface area contributed by atoms with Crippen molar-refractivity contribution in [3.05, 3.63) is 95.6 Å². The van der Waals surface area contributed by atoms with Crippen molar-refractivity contribution in [2.45, 2.75) is 69.9 Å². The van der Waals surface area contributed by atoms with Crippen molar-refractivity contribution >= 4 is 0 Å². The molecule has 0 saturated heterocycles. The number of ether oxygens (including phenoxy) is 1. The lowest BCUT2D eigenvalue weighted by Crippen LogP contribution is -2.48. The van der Waals surface area contributed by atoms with Crippen LogP contribution >= 0.6 is 0 Å². The van der Waals surface area contributed by atoms with E-state index in [0.29, 0.717) is 6.42 Å². The lowest BCUT2D eigenvalue weighted by Gasteiger charge is -2.46. The van der Waals surface area contributed by atoms with Crippen molar-refractivity contribution in [2.24, 2.45) is 5.92 Å². The van der Waals surface area contributed by atoms with E-state index in [-0.39, 0.29) is 17.4 Å². The average molecular weight is 472 g/mol. The van der Waals surface area contributed by atoms with Gasteiger partial charge in [-0.05, 0) is 73.3 Å². The summed E-state index contributed by atoms with van der Waals surface area (Å²) in [6.45, 7) is 6.72. The van der Waals surface area contributed by atoms with E-state index >= 15 is 0 Å². The van der Waals surface area contributed by atoms with Crippen LogP contribution < -0.4 is 4.74 Å². The highest BCUT2D eigenvalue weighted by Crippen LogP contribution is 2.46. The molecule has 35 heavy (non-hydrogen) atoms. The SMILES string of the molecule is CN(C)C(c1cccc(Oc2ccccc2)c1)C1CCCCC1(O)Cc1ccc(C(C)(C)C)cc1. The molecule has 1 aliphatic carbocycles. The van der Waals surface area contributed by atoms with Gasteiger partial charge in [0.15, 0.2) is 0 Å². The maximum absolute atomic E-state index is 12.1. The summed E-state index contributed by atoms with van der Waals surface area (Å²) < 4.78 is 6.14. The molecule has 0 aromatic heterocycles. The van der Waals surface area contributed by atoms with Crippen LogP contribution in [0.3, 0.4) is 0 Å². The summed E-state index contributed by atoms with van der Waals surface area (Å²) in [6.07, 6.45) is 4.77. The highest BCUT2D eigenvalue weighted by molar-refractivity contribution is 5.36. The summed E-state index contributed by atoms with van der Waals surface area (Å²) in [4.78, 5) is 2.27. The predicted molar refractivity (Wildman–Crippen MR) is 145 cm³/mol. The van der Waals surface area contributed by atoms with Gasteiger partial charge in [-0.3, -0.25) is 0 Å². The van der Waals surface area contributed by atoms with Crippen molar-refractivity contribution in [1.29, 1.82) is 0 Å². The highest BCUT2D eigenvalue weighted by atomic mass is 16.5. The molecule has 4 rings (SSSR count). The van der Waals surface area contributed by atoms with Gasteiger partial charge in [-0.2, -0.15) is 0 Å². The average Bonchev–Trinajstić information content (AvgIpc) is 2.81. The molecule has 1 saturated carbocycles. The Kier molecular flexibility index (Phi) is 7.68. The Morgan fingerprint density at radius 3 is 2.26 bits per heavy atom. The summed E-state index contributed by atoms with van der Waals surface area (Å²) in [5.41, 5.74) is 3.12. The van der Waals surface area contributed by atoms with Gasteiger partial charge in [0.05, 0.1) is 5.60 Å². The van der Waals surface area contributed by atoms with Gasteiger partial charge in [0.2, 0.25) is 0 Å². The van der Waals surface area contributed by atoms with E-state index in [1.54, 1.807) is 0 Å². The van der Waals surface area contributed by atoms with E-state index in [4.69, 9.17) is 4.74 Å². The van der Waals surface area contributed by atoms with Crippen LogP contribution in [-0.2, 0) is 11.8 Å². The third kappa shape index (κ3) is 6.15. The van der Waals surface area contributed by atoms with Gasteiger partial charge in [-0.15, -0.1) is 0 Å². The molecular formula is C32H41NO2. The Bertz CT molecular complexity index is 1080. The van der Waals surface area contributed by atoms with Gasteiger partial charge in [-0.25, -0.2) is 0 Å². The van der Waals surface area contributed by atoms with Crippen LogP contribution in [0.4, 0.5) is 0 Å². The van der Waals surface area contributed by atoms with E-state index in [1.165, 1.54) is 16.7 Å². The smallest absolute Gasteiger partial charge is 0.127 e. The number of rotatable bonds is 7. The van der Waals surface area contributed by atoms with Crippen LogP contribution in [0.1, 0.15) is 69.2 Å². The number of hydrogen-bond acceptors (Lipinski definition) is 3. The second kappa shape index (κ2) is 10.6. The molecular weight excluding hydrogens is 430 g/mol. The second-order valence-corrected chi connectivity index (χ2v) is 11.5.